The van der Waals surface area contributed by atoms with E-state index in [0.29, 0.717) is 10.8 Å². The molecular formula is C23H29BrClN3O3S2. The van der Waals surface area contributed by atoms with Gasteiger partial charge >= 0.3 is 0 Å². The molecule has 6 nitrogen and oxygen atoms in total. The van der Waals surface area contributed by atoms with Crippen LogP contribution in [0, 0.1) is 18.8 Å². The number of rotatable bonds is 6. The molecule has 1 N–H and O–H groups in total. The van der Waals surface area contributed by atoms with Crippen LogP contribution in [0.2, 0.25) is 5.02 Å². The van der Waals surface area contributed by atoms with Gasteiger partial charge in [0.15, 0.2) is 0 Å². The van der Waals surface area contributed by atoms with E-state index in [4.69, 9.17) is 11.6 Å². The maximum absolute atomic E-state index is 13.1. The highest BCUT2D eigenvalue weighted by molar-refractivity contribution is 9.11. The first-order valence-corrected chi connectivity index (χ1v) is 14.7. The zero-order chi connectivity index (χ0) is 23.6. The van der Waals surface area contributed by atoms with E-state index >= 15 is 0 Å². The van der Waals surface area contributed by atoms with Gasteiger partial charge in [0.05, 0.1) is 3.79 Å². The molecule has 33 heavy (non-hydrogen) atoms. The van der Waals surface area contributed by atoms with Crippen molar-refractivity contribution >= 4 is 60.5 Å². The number of anilines is 1. The van der Waals surface area contributed by atoms with Crippen molar-refractivity contribution in [1.29, 1.82) is 0 Å². The third kappa shape index (κ3) is 6.11. The molecule has 1 aromatic heterocycles. The van der Waals surface area contributed by atoms with E-state index in [1.54, 1.807) is 12.1 Å². The average molecular weight is 575 g/mol. The number of aryl methyl sites for hydroxylation is 1. The molecule has 1 aliphatic heterocycles. The second-order valence-corrected chi connectivity index (χ2v) is 13.8. The number of halogens is 2. The maximum Gasteiger partial charge on any atom is 0.250 e. The van der Waals surface area contributed by atoms with E-state index in [1.807, 2.05) is 23.1 Å². The largest absolute Gasteiger partial charge is 0.368 e. The zero-order valence-electron chi connectivity index (χ0n) is 18.6. The molecule has 1 aromatic carbocycles. The summed E-state index contributed by atoms with van der Waals surface area (Å²) in [5.41, 5.74) is 2.34. The minimum Gasteiger partial charge on any atom is -0.368 e. The van der Waals surface area contributed by atoms with Crippen LogP contribution in [-0.4, -0.2) is 51.9 Å². The number of piperazine rings is 1. The van der Waals surface area contributed by atoms with Crippen LogP contribution < -0.4 is 9.62 Å². The van der Waals surface area contributed by atoms with Crippen LogP contribution in [0.3, 0.4) is 0 Å². The van der Waals surface area contributed by atoms with E-state index in [0.717, 1.165) is 66.4 Å². The smallest absolute Gasteiger partial charge is 0.250 e. The van der Waals surface area contributed by atoms with Crippen LogP contribution in [0.25, 0.3) is 0 Å². The SMILES string of the molecule is Cc1ccc(Cl)cc1N1CCN(C(=O)C2CCC(CNS(=O)(=O)c3ccc(Br)s3)CC2)CC1. The van der Waals surface area contributed by atoms with E-state index in [1.165, 1.54) is 16.9 Å². The Kier molecular flexibility index (Phi) is 8.06. The summed E-state index contributed by atoms with van der Waals surface area (Å²) in [7, 11) is -3.47. The van der Waals surface area contributed by atoms with Crippen LogP contribution in [0.15, 0.2) is 38.3 Å². The molecule has 0 spiro atoms. The van der Waals surface area contributed by atoms with Gasteiger partial charge in [-0.2, -0.15) is 0 Å². The first-order valence-electron chi connectivity index (χ1n) is 11.3. The number of hydrogen-bond donors (Lipinski definition) is 1. The topological polar surface area (TPSA) is 69.7 Å². The Morgan fingerprint density at radius 2 is 1.82 bits per heavy atom. The molecule has 4 rings (SSSR count). The van der Waals surface area contributed by atoms with Crippen molar-refractivity contribution in [3.05, 3.63) is 44.7 Å². The molecule has 1 saturated heterocycles. The number of hydrogen-bond acceptors (Lipinski definition) is 5. The maximum atomic E-state index is 13.1. The molecule has 2 aliphatic rings. The quantitative estimate of drug-likeness (QED) is 0.533. The summed E-state index contributed by atoms with van der Waals surface area (Å²) in [6, 6.07) is 9.29. The third-order valence-electron chi connectivity index (χ3n) is 6.67. The number of sulfonamides is 1. The fourth-order valence-electron chi connectivity index (χ4n) is 4.70. The molecular weight excluding hydrogens is 546 g/mol. The summed E-state index contributed by atoms with van der Waals surface area (Å²) in [6.07, 6.45) is 3.39. The van der Waals surface area contributed by atoms with Crippen molar-refractivity contribution in [2.24, 2.45) is 11.8 Å². The number of nitrogens with one attached hydrogen (secondary N) is 1. The summed E-state index contributed by atoms with van der Waals surface area (Å²) in [5, 5.41) is 0.733. The van der Waals surface area contributed by atoms with E-state index in [9.17, 15) is 13.2 Å². The fraction of sp³-hybridized carbons (Fsp3) is 0.522. The second-order valence-electron chi connectivity index (χ2n) is 8.87. The van der Waals surface area contributed by atoms with Gasteiger partial charge in [-0.1, -0.05) is 17.7 Å². The van der Waals surface area contributed by atoms with Gasteiger partial charge in [0, 0.05) is 49.4 Å². The molecule has 2 aromatic rings. The predicted octanol–water partition coefficient (Wildman–Crippen LogP) is 4.91. The van der Waals surface area contributed by atoms with Gasteiger partial charge in [-0.05, 0) is 84.3 Å². The number of nitrogens with zero attached hydrogens (tertiary/aromatic N) is 2. The lowest BCUT2D eigenvalue weighted by Crippen LogP contribution is -2.51. The van der Waals surface area contributed by atoms with Crippen LogP contribution in [-0.2, 0) is 14.8 Å². The number of carbonyl (C=O) groups excluding carboxylic acids is 1. The highest BCUT2D eigenvalue weighted by Gasteiger charge is 2.32. The zero-order valence-corrected chi connectivity index (χ0v) is 22.6. The van der Waals surface area contributed by atoms with Crippen LogP contribution in [0.5, 0.6) is 0 Å². The summed E-state index contributed by atoms with van der Waals surface area (Å²) < 4.78 is 28.8. The normalized spacial score (nSPS) is 21.9. The van der Waals surface area contributed by atoms with Crippen molar-refractivity contribution in [3.63, 3.8) is 0 Å². The van der Waals surface area contributed by atoms with E-state index in [2.05, 4.69) is 32.5 Å². The lowest BCUT2D eigenvalue weighted by Gasteiger charge is -2.39. The molecule has 1 saturated carbocycles. The minimum absolute atomic E-state index is 0.0468. The number of benzene rings is 1. The van der Waals surface area contributed by atoms with Gasteiger partial charge < -0.3 is 9.80 Å². The van der Waals surface area contributed by atoms with Crippen LogP contribution in [0.4, 0.5) is 5.69 Å². The molecule has 10 heteroatoms. The molecule has 1 aliphatic carbocycles. The first-order chi connectivity index (χ1) is 15.7. The Labute approximate surface area is 213 Å². The Morgan fingerprint density at radius 3 is 2.45 bits per heavy atom. The highest BCUT2D eigenvalue weighted by atomic mass is 79.9. The molecule has 0 unspecified atom stereocenters. The molecule has 2 fully saturated rings. The molecule has 0 radical (unpaired) electrons. The number of carbonyl (C=O) groups is 1. The predicted molar refractivity (Wildman–Crippen MR) is 138 cm³/mol. The van der Waals surface area contributed by atoms with Gasteiger partial charge in [0.1, 0.15) is 4.21 Å². The Hall–Kier alpha value is -1.13. The average Bonchev–Trinajstić information content (AvgIpc) is 3.27. The van der Waals surface area contributed by atoms with Crippen LogP contribution in [0.1, 0.15) is 31.2 Å². The van der Waals surface area contributed by atoms with E-state index in [-0.39, 0.29) is 17.7 Å². The Balaban J connectivity index is 1.23. The minimum atomic E-state index is -3.47. The summed E-state index contributed by atoms with van der Waals surface area (Å²) in [5.74, 6) is 0.570. The van der Waals surface area contributed by atoms with Gasteiger partial charge in [-0.15, -0.1) is 11.3 Å². The first kappa shape index (κ1) is 25.0. The molecule has 180 valence electrons. The van der Waals surface area contributed by atoms with Crippen molar-refractivity contribution in [1.82, 2.24) is 9.62 Å². The summed E-state index contributed by atoms with van der Waals surface area (Å²) in [4.78, 5) is 17.4. The molecule has 0 atom stereocenters. The van der Waals surface area contributed by atoms with Gasteiger partial charge in [0.2, 0.25) is 15.9 Å². The summed E-state index contributed by atoms with van der Waals surface area (Å²) in [6.45, 7) is 5.57. The third-order valence-corrected chi connectivity index (χ3v) is 10.4. The van der Waals surface area contributed by atoms with Gasteiger partial charge in [0.25, 0.3) is 0 Å². The Morgan fingerprint density at radius 1 is 1.12 bits per heavy atom. The standard InChI is InChI=1S/C23H29BrClN3O3S2/c1-16-2-7-19(25)14-20(16)27-10-12-28(13-11-27)23(29)18-5-3-17(4-6-18)15-26-33(30,31)22-9-8-21(24)32-22/h2,7-9,14,17-18,26H,3-6,10-13,15H2,1H3. The molecule has 0 bridgehead atoms. The number of amides is 1. The van der Waals surface area contributed by atoms with Crippen molar-refractivity contribution in [3.8, 4) is 0 Å². The highest BCUT2D eigenvalue weighted by Crippen LogP contribution is 2.32. The van der Waals surface area contributed by atoms with Crippen molar-refractivity contribution < 1.29 is 13.2 Å². The fourth-order valence-corrected chi connectivity index (χ4v) is 8.04. The summed E-state index contributed by atoms with van der Waals surface area (Å²) >= 11 is 10.7. The molecule has 2 heterocycles. The number of thiophene rings is 1. The second kappa shape index (κ2) is 10.6. The molecule has 1 amide bonds. The van der Waals surface area contributed by atoms with Crippen molar-refractivity contribution in [2.45, 2.75) is 36.8 Å². The van der Waals surface area contributed by atoms with Gasteiger partial charge in [-0.25, -0.2) is 13.1 Å². The van der Waals surface area contributed by atoms with Gasteiger partial charge in [-0.3, -0.25) is 4.79 Å². The lowest BCUT2D eigenvalue weighted by atomic mass is 9.81. The van der Waals surface area contributed by atoms with E-state index < -0.39 is 10.0 Å². The Bertz CT molecular complexity index is 1090. The lowest BCUT2D eigenvalue weighted by molar-refractivity contribution is -0.137. The van der Waals surface area contributed by atoms with Crippen LogP contribution >= 0.6 is 38.9 Å². The van der Waals surface area contributed by atoms with Crippen molar-refractivity contribution in [2.75, 3.05) is 37.6 Å². The monoisotopic (exact) mass is 573 g/mol.